The Labute approximate surface area is 114 Å². The summed E-state index contributed by atoms with van der Waals surface area (Å²) in [5.74, 6) is 0. The summed E-state index contributed by atoms with van der Waals surface area (Å²) in [5, 5.41) is 3.91. The highest BCUT2D eigenvalue weighted by molar-refractivity contribution is 5.63. The second kappa shape index (κ2) is 7.37. The smallest absolute Gasteiger partial charge is 0.142 e. The van der Waals surface area contributed by atoms with Gasteiger partial charge in [-0.25, -0.2) is 0 Å². The Balaban J connectivity index is 1.92. The third kappa shape index (κ3) is 4.25. The fourth-order valence-electron chi connectivity index (χ4n) is 1.77. The molecule has 0 spiro atoms. The van der Waals surface area contributed by atoms with Crippen molar-refractivity contribution in [3.8, 4) is 11.1 Å². The molecule has 0 fully saturated rings. The normalized spacial score (nSPS) is 10.8. The molecule has 0 unspecified atom stereocenters. The maximum Gasteiger partial charge on any atom is 0.142 e. The van der Waals surface area contributed by atoms with E-state index in [-0.39, 0.29) is 0 Å². The molecule has 0 radical (unpaired) electrons. The van der Waals surface area contributed by atoms with Crippen LogP contribution in [-0.2, 0) is 11.4 Å². The van der Waals surface area contributed by atoms with Crippen LogP contribution in [0.5, 0.6) is 0 Å². The number of oxime groups is 1. The van der Waals surface area contributed by atoms with E-state index in [1.807, 2.05) is 12.3 Å². The van der Waals surface area contributed by atoms with Crippen molar-refractivity contribution in [2.45, 2.75) is 26.4 Å². The van der Waals surface area contributed by atoms with Crippen molar-refractivity contribution < 1.29 is 4.84 Å². The average molecular weight is 253 g/mol. The molecular weight excluding hydrogens is 234 g/mol. The third-order valence-electron chi connectivity index (χ3n) is 2.86. The Bertz CT molecular complexity index is 503. The van der Waals surface area contributed by atoms with E-state index in [4.69, 9.17) is 4.84 Å². The number of unbranched alkanes of at least 4 members (excludes halogenated alkanes) is 1. The molecule has 0 aromatic heterocycles. The van der Waals surface area contributed by atoms with E-state index in [1.54, 1.807) is 0 Å². The molecule has 0 N–H and O–H groups in total. The van der Waals surface area contributed by atoms with Gasteiger partial charge < -0.3 is 4.84 Å². The van der Waals surface area contributed by atoms with Gasteiger partial charge in [0.05, 0.1) is 0 Å². The van der Waals surface area contributed by atoms with Gasteiger partial charge in [-0.05, 0) is 23.1 Å². The number of nitrogens with zero attached hydrogens (tertiary/aromatic N) is 1. The van der Waals surface area contributed by atoms with E-state index in [0.29, 0.717) is 6.61 Å². The topological polar surface area (TPSA) is 21.6 Å². The predicted molar refractivity (Wildman–Crippen MR) is 80.1 cm³/mol. The molecule has 19 heavy (non-hydrogen) atoms. The van der Waals surface area contributed by atoms with Crippen molar-refractivity contribution in [2.75, 3.05) is 0 Å². The summed E-state index contributed by atoms with van der Waals surface area (Å²) in [6.07, 6.45) is 3.88. The standard InChI is InChI=1S/C17H19NO/c1-2-3-13-18-19-14-15-9-11-17(12-10-15)16-7-5-4-6-8-16/h4-13H,2-3,14H2,1H3. The maximum atomic E-state index is 5.24. The molecule has 2 nitrogen and oxygen atoms in total. The molecular formula is C17H19NO. The fraction of sp³-hybridized carbons (Fsp3) is 0.235. The second-order valence-corrected chi connectivity index (χ2v) is 4.41. The summed E-state index contributed by atoms with van der Waals surface area (Å²) in [5.41, 5.74) is 3.59. The van der Waals surface area contributed by atoms with Crippen LogP contribution >= 0.6 is 0 Å². The van der Waals surface area contributed by atoms with E-state index in [2.05, 4.69) is 60.6 Å². The van der Waals surface area contributed by atoms with Crippen molar-refractivity contribution >= 4 is 6.21 Å². The van der Waals surface area contributed by atoms with E-state index >= 15 is 0 Å². The van der Waals surface area contributed by atoms with Gasteiger partial charge in [-0.3, -0.25) is 0 Å². The largest absolute Gasteiger partial charge is 0.391 e. The van der Waals surface area contributed by atoms with Crippen LogP contribution in [0.25, 0.3) is 11.1 Å². The van der Waals surface area contributed by atoms with Crippen LogP contribution in [-0.4, -0.2) is 6.21 Å². The Hall–Kier alpha value is -2.09. The van der Waals surface area contributed by atoms with Gasteiger partial charge in [-0.1, -0.05) is 73.1 Å². The van der Waals surface area contributed by atoms with Crippen molar-refractivity contribution in [2.24, 2.45) is 5.16 Å². The number of hydrogen-bond acceptors (Lipinski definition) is 2. The van der Waals surface area contributed by atoms with Crippen LogP contribution < -0.4 is 0 Å². The van der Waals surface area contributed by atoms with Gasteiger partial charge >= 0.3 is 0 Å². The molecule has 0 amide bonds. The van der Waals surface area contributed by atoms with Crippen LogP contribution in [0, 0.1) is 0 Å². The summed E-state index contributed by atoms with van der Waals surface area (Å²) in [6.45, 7) is 2.64. The SMILES string of the molecule is CCCC=NOCc1ccc(-c2ccccc2)cc1. The van der Waals surface area contributed by atoms with Crippen molar-refractivity contribution in [3.05, 3.63) is 60.2 Å². The molecule has 0 saturated heterocycles. The zero-order chi connectivity index (χ0) is 13.3. The van der Waals surface area contributed by atoms with Gasteiger partial charge in [0.25, 0.3) is 0 Å². The highest BCUT2D eigenvalue weighted by Gasteiger charge is 1.97. The summed E-state index contributed by atoms with van der Waals surface area (Å²) >= 11 is 0. The highest BCUT2D eigenvalue weighted by Crippen LogP contribution is 2.19. The molecule has 2 aromatic rings. The Morgan fingerprint density at radius 1 is 0.947 bits per heavy atom. The second-order valence-electron chi connectivity index (χ2n) is 4.41. The van der Waals surface area contributed by atoms with E-state index in [9.17, 15) is 0 Å². The molecule has 0 aliphatic heterocycles. The molecule has 2 rings (SSSR count). The lowest BCUT2D eigenvalue weighted by Crippen LogP contribution is -1.87. The molecule has 0 atom stereocenters. The molecule has 2 heteroatoms. The van der Waals surface area contributed by atoms with Crippen molar-refractivity contribution in [3.63, 3.8) is 0 Å². The first kappa shape index (κ1) is 13.3. The number of rotatable bonds is 6. The fourth-order valence-corrected chi connectivity index (χ4v) is 1.77. The van der Waals surface area contributed by atoms with Gasteiger partial charge in [0.2, 0.25) is 0 Å². The minimum absolute atomic E-state index is 0.523. The lowest BCUT2D eigenvalue weighted by Gasteiger charge is -2.03. The van der Waals surface area contributed by atoms with Gasteiger partial charge in [0.1, 0.15) is 6.61 Å². The minimum atomic E-state index is 0.523. The predicted octanol–water partition coefficient (Wildman–Crippen LogP) is 4.66. The van der Waals surface area contributed by atoms with Gasteiger partial charge in [-0.2, -0.15) is 0 Å². The maximum absolute atomic E-state index is 5.24. The van der Waals surface area contributed by atoms with Crippen molar-refractivity contribution in [1.82, 2.24) is 0 Å². The van der Waals surface area contributed by atoms with Crippen molar-refractivity contribution in [1.29, 1.82) is 0 Å². The molecule has 0 aliphatic rings. The first-order chi connectivity index (χ1) is 9.40. The first-order valence-corrected chi connectivity index (χ1v) is 6.68. The third-order valence-corrected chi connectivity index (χ3v) is 2.86. The monoisotopic (exact) mass is 253 g/mol. The number of benzene rings is 2. The van der Waals surface area contributed by atoms with Gasteiger partial charge in [-0.15, -0.1) is 0 Å². The average Bonchev–Trinajstić information content (AvgIpc) is 2.49. The number of hydrogen-bond donors (Lipinski definition) is 0. The molecule has 0 bridgehead atoms. The summed E-state index contributed by atoms with van der Waals surface area (Å²) in [6, 6.07) is 18.7. The Morgan fingerprint density at radius 3 is 2.32 bits per heavy atom. The van der Waals surface area contributed by atoms with E-state index in [1.165, 1.54) is 11.1 Å². The molecule has 0 aliphatic carbocycles. The van der Waals surface area contributed by atoms with E-state index < -0.39 is 0 Å². The zero-order valence-corrected chi connectivity index (χ0v) is 11.3. The summed E-state index contributed by atoms with van der Waals surface area (Å²) in [4.78, 5) is 5.24. The van der Waals surface area contributed by atoms with E-state index in [0.717, 1.165) is 18.4 Å². The molecule has 0 heterocycles. The first-order valence-electron chi connectivity index (χ1n) is 6.68. The Kier molecular flexibility index (Phi) is 5.17. The summed E-state index contributed by atoms with van der Waals surface area (Å²) in [7, 11) is 0. The van der Waals surface area contributed by atoms with Crippen LogP contribution in [0.3, 0.4) is 0 Å². The lowest BCUT2D eigenvalue weighted by molar-refractivity contribution is 0.131. The van der Waals surface area contributed by atoms with Crippen LogP contribution in [0.1, 0.15) is 25.3 Å². The van der Waals surface area contributed by atoms with Gasteiger partial charge in [0.15, 0.2) is 0 Å². The van der Waals surface area contributed by atoms with Gasteiger partial charge in [0, 0.05) is 6.21 Å². The highest BCUT2D eigenvalue weighted by atomic mass is 16.6. The zero-order valence-electron chi connectivity index (χ0n) is 11.3. The molecule has 98 valence electrons. The lowest BCUT2D eigenvalue weighted by atomic mass is 10.0. The van der Waals surface area contributed by atoms with Crippen LogP contribution in [0.4, 0.5) is 0 Å². The van der Waals surface area contributed by atoms with Crippen LogP contribution in [0.15, 0.2) is 59.8 Å². The summed E-state index contributed by atoms with van der Waals surface area (Å²) < 4.78 is 0. The molecule has 2 aromatic carbocycles. The minimum Gasteiger partial charge on any atom is -0.391 e. The Morgan fingerprint density at radius 2 is 1.63 bits per heavy atom. The van der Waals surface area contributed by atoms with Crippen LogP contribution in [0.2, 0.25) is 0 Å². The quantitative estimate of drug-likeness (QED) is 0.542. The molecule has 0 saturated carbocycles.